The molecule has 0 aromatic heterocycles. The summed E-state index contributed by atoms with van der Waals surface area (Å²) in [6.07, 6.45) is 1.12. The van der Waals surface area contributed by atoms with E-state index >= 15 is 0 Å². The Kier molecular flexibility index (Phi) is 27.7. The Morgan fingerprint density at radius 3 is 2.00 bits per heavy atom. The topological polar surface area (TPSA) is 9.23 Å². The molecule has 0 aliphatic carbocycles. The Balaban J connectivity index is 0. The monoisotopic (exact) mass is 488 g/mol. The molecule has 0 bridgehead atoms. The van der Waals surface area contributed by atoms with E-state index in [1.807, 2.05) is 0 Å². The third kappa shape index (κ3) is 23.2. The molecule has 0 aromatic rings. The number of halogens is 3. The van der Waals surface area contributed by atoms with E-state index in [1.54, 1.807) is 20.8 Å². The summed E-state index contributed by atoms with van der Waals surface area (Å²) >= 11 is 7.01. The molecule has 0 N–H and O–H groups in total. The van der Waals surface area contributed by atoms with Crippen LogP contribution in [-0.2, 0) is 24.1 Å². The van der Waals surface area contributed by atoms with Gasteiger partial charge in [-0.2, -0.15) is 0 Å². The van der Waals surface area contributed by atoms with Crippen LogP contribution in [-0.4, -0.2) is 6.61 Å². The summed E-state index contributed by atoms with van der Waals surface area (Å²) in [5.74, 6) is 0. The van der Waals surface area contributed by atoms with Gasteiger partial charge >= 0.3 is 94.6 Å². The van der Waals surface area contributed by atoms with Gasteiger partial charge in [0.15, 0.2) is 0 Å². The standard InChI is InChI=1S/C3H7O.I3.Ti/c1-2-3-4;1-3-2;/h2-3H2,1H3;;/q2*-1;+1. The van der Waals surface area contributed by atoms with Crippen LogP contribution < -0.4 is 13.3 Å². The van der Waals surface area contributed by atoms with E-state index in [2.05, 4.69) is 44.2 Å². The fourth-order valence-corrected chi connectivity index (χ4v) is 0.421. The zero-order chi connectivity index (χ0) is 6.83. The molecule has 0 fully saturated rings. The van der Waals surface area contributed by atoms with E-state index in [1.165, 1.54) is 0 Å². The van der Waals surface area contributed by atoms with Crippen molar-refractivity contribution >= 4 is 37.2 Å². The molecule has 5 heteroatoms. The molecule has 1 nitrogen and oxygen atoms in total. The van der Waals surface area contributed by atoms with E-state index in [4.69, 9.17) is 3.32 Å². The molecule has 0 radical (unpaired) electrons. The van der Waals surface area contributed by atoms with E-state index in [0.29, 0.717) is 13.3 Å². The van der Waals surface area contributed by atoms with Crippen LogP contribution in [0.5, 0.6) is 0 Å². The van der Waals surface area contributed by atoms with Crippen molar-refractivity contribution in [1.82, 2.24) is 0 Å². The molecule has 0 aliphatic rings. The van der Waals surface area contributed by atoms with Crippen LogP contribution in [0, 0.1) is 0 Å². The third-order valence-corrected chi connectivity index (χ3v) is 0.625. The summed E-state index contributed by atoms with van der Waals surface area (Å²) in [5.41, 5.74) is 0. The molecule has 0 saturated carbocycles. The first kappa shape index (κ1) is 13.5. The number of hydrogen-bond donors (Lipinski definition) is 0. The van der Waals surface area contributed by atoms with Gasteiger partial charge in [-0.05, 0) is 0 Å². The van der Waals surface area contributed by atoms with Crippen LogP contribution in [0.3, 0.4) is 0 Å². The maximum absolute atomic E-state index is 4.69. The zero-order valence-corrected chi connectivity index (χ0v) is 12.5. The first-order chi connectivity index (χ1) is 3.83. The van der Waals surface area contributed by atoms with Crippen LogP contribution in [0.1, 0.15) is 13.3 Å². The van der Waals surface area contributed by atoms with E-state index in [-0.39, 0.29) is 0 Å². The Labute approximate surface area is 92.6 Å². The second-order valence-corrected chi connectivity index (χ2v) is 17.6. The van der Waals surface area contributed by atoms with Gasteiger partial charge in [-0.1, -0.05) is 0 Å². The minimum absolute atomic E-state index is 0.530. The van der Waals surface area contributed by atoms with Crippen molar-refractivity contribution in [3.63, 3.8) is 0 Å². The SMILES string of the molecule is CCC[O][Ti].I[I-]I. The van der Waals surface area contributed by atoms with Crippen LogP contribution in [0.25, 0.3) is 0 Å². The Bertz CT molecular complexity index is 28.5. The minimum atomic E-state index is 0.530. The number of rotatable bonds is 2. The summed E-state index contributed by atoms with van der Waals surface area (Å²) in [6, 6.07) is 0. The quantitative estimate of drug-likeness (QED) is 0.382. The van der Waals surface area contributed by atoms with Crippen molar-refractivity contribution in [1.29, 1.82) is 0 Å². The van der Waals surface area contributed by atoms with Gasteiger partial charge < -0.3 is 0 Å². The Hall–Kier alpha value is 2.86. The van der Waals surface area contributed by atoms with Crippen molar-refractivity contribution < 1.29 is 37.4 Å². The van der Waals surface area contributed by atoms with Crippen molar-refractivity contribution in [3.8, 4) is 0 Å². The maximum atomic E-state index is 4.69. The second-order valence-electron chi connectivity index (χ2n) is 0.902. The molecule has 51 valence electrons. The summed E-state index contributed by atoms with van der Waals surface area (Å²) in [6.45, 7) is 2.98. The second kappa shape index (κ2) is 16.4. The molecular weight excluding hydrogens is 481 g/mol. The summed E-state index contributed by atoms with van der Waals surface area (Å²) in [5, 5.41) is 0. The molecule has 0 aliphatic heterocycles. The van der Waals surface area contributed by atoms with Crippen molar-refractivity contribution in [2.24, 2.45) is 0 Å². The van der Waals surface area contributed by atoms with Gasteiger partial charge in [-0.15, -0.1) is 0 Å². The van der Waals surface area contributed by atoms with Gasteiger partial charge in [-0.25, -0.2) is 0 Å². The molecule has 0 aromatic carbocycles. The molecule has 0 unspecified atom stereocenters. The van der Waals surface area contributed by atoms with Crippen LogP contribution in [0.15, 0.2) is 0 Å². The average molecular weight is 488 g/mol. The normalized spacial score (nSPS) is 7.75. The molecule has 0 rings (SSSR count). The van der Waals surface area contributed by atoms with Gasteiger partial charge in [0.2, 0.25) is 0 Å². The predicted molar refractivity (Wildman–Crippen MR) is 44.3 cm³/mol. The average Bonchev–Trinajstić information content (AvgIpc) is 1.71. The van der Waals surface area contributed by atoms with Crippen molar-refractivity contribution in [3.05, 3.63) is 0 Å². The van der Waals surface area contributed by atoms with E-state index in [0.717, 1.165) is 13.0 Å². The summed E-state index contributed by atoms with van der Waals surface area (Å²) < 4.78 is 4.69. The van der Waals surface area contributed by atoms with Gasteiger partial charge in [0, 0.05) is 0 Å². The fourth-order valence-electron chi connectivity index (χ4n) is 0.102. The molecule has 0 saturated heterocycles. The first-order valence-electron chi connectivity index (χ1n) is 1.99. The van der Waals surface area contributed by atoms with Crippen LogP contribution in [0.2, 0.25) is 0 Å². The van der Waals surface area contributed by atoms with Crippen LogP contribution >= 0.6 is 37.2 Å². The van der Waals surface area contributed by atoms with Crippen molar-refractivity contribution in [2.45, 2.75) is 13.3 Å². The molecule has 8 heavy (non-hydrogen) atoms. The van der Waals surface area contributed by atoms with Gasteiger partial charge in [-0.3, -0.25) is 0 Å². The van der Waals surface area contributed by atoms with Gasteiger partial charge in [0.25, 0.3) is 0 Å². The fraction of sp³-hybridized carbons (Fsp3) is 1.00. The Morgan fingerprint density at radius 2 is 2.00 bits per heavy atom. The third-order valence-electron chi connectivity index (χ3n) is 0.306. The van der Waals surface area contributed by atoms with Crippen molar-refractivity contribution in [2.75, 3.05) is 6.61 Å². The number of hydrogen-bond acceptors (Lipinski definition) is 1. The molecule has 0 spiro atoms. The van der Waals surface area contributed by atoms with Gasteiger partial charge in [0.1, 0.15) is 0 Å². The summed E-state index contributed by atoms with van der Waals surface area (Å²) in [7, 11) is 0. The van der Waals surface area contributed by atoms with E-state index in [9.17, 15) is 0 Å². The summed E-state index contributed by atoms with van der Waals surface area (Å²) in [4.78, 5) is 0. The molecule has 0 amide bonds. The van der Waals surface area contributed by atoms with E-state index < -0.39 is 0 Å². The predicted octanol–water partition coefficient (Wildman–Crippen LogP) is -0.350. The molecular formula is C3H7I3OTi-. The Morgan fingerprint density at radius 1 is 1.62 bits per heavy atom. The van der Waals surface area contributed by atoms with Crippen LogP contribution in [0.4, 0.5) is 0 Å². The molecule has 0 atom stereocenters. The molecule has 0 heterocycles. The first-order valence-corrected chi connectivity index (χ1v) is 15.2. The zero-order valence-electron chi connectivity index (χ0n) is 4.46. The van der Waals surface area contributed by atoms with Gasteiger partial charge in [0.05, 0.1) is 0 Å².